The second-order valence-corrected chi connectivity index (χ2v) is 3.72. The van der Waals surface area contributed by atoms with Crippen molar-refractivity contribution in [3.8, 4) is 0 Å². The van der Waals surface area contributed by atoms with Gasteiger partial charge in [0.2, 0.25) is 0 Å². The third kappa shape index (κ3) is 3.51. The summed E-state index contributed by atoms with van der Waals surface area (Å²) in [6.45, 7) is 1.87. The van der Waals surface area contributed by atoms with Gasteiger partial charge in [0.05, 0.1) is 6.61 Å². The first-order chi connectivity index (χ1) is 7.38. The Bertz CT molecular complexity index is 373. The highest BCUT2D eigenvalue weighted by atomic mass is 79.9. The third-order valence-electron chi connectivity index (χ3n) is 2.47. The number of hydrogen-bond donors (Lipinski definition) is 1. The van der Waals surface area contributed by atoms with Crippen molar-refractivity contribution >= 4 is 0 Å². The van der Waals surface area contributed by atoms with Crippen LogP contribution < -0.4 is 17.0 Å². The SMILES string of the molecule is OCC1=CC=CN(Cc2ccccc2)C1.[Br-]. The summed E-state index contributed by atoms with van der Waals surface area (Å²) >= 11 is 0. The predicted molar refractivity (Wildman–Crippen MR) is 61.2 cm³/mol. The van der Waals surface area contributed by atoms with Crippen LogP contribution in [0.1, 0.15) is 5.56 Å². The molecule has 2 nitrogen and oxygen atoms in total. The minimum Gasteiger partial charge on any atom is -1.00 e. The van der Waals surface area contributed by atoms with E-state index in [-0.39, 0.29) is 23.6 Å². The molecule has 0 unspecified atom stereocenters. The van der Waals surface area contributed by atoms with Crippen LogP contribution in [-0.2, 0) is 6.54 Å². The minimum absolute atomic E-state index is 0. The molecule has 86 valence electrons. The van der Waals surface area contributed by atoms with E-state index in [9.17, 15) is 0 Å². The molecule has 1 aromatic rings. The summed E-state index contributed by atoms with van der Waals surface area (Å²) in [7, 11) is 0. The Morgan fingerprint density at radius 2 is 1.94 bits per heavy atom. The molecule has 3 heteroatoms. The molecule has 0 atom stereocenters. The Labute approximate surface area is 107 Å². The maximum Gasteiger partial charge on any atom is 0.0661 e. The molecule has 0 aromatic heterocycles. The molecule has 0 spiro atoms. The lowest BCUT2D eigenvalue weighted by Gasteiger charge is -2.23. The highest BCUT2D eigenvalue weighted by Gasteiger charge is 2.06. The largest absolute Gasteiger partial charge is 1.00 e. The molecule has 0 saturated carbocycles. The van der Waals surface area contributed by atoms with Crippen LogP contribution in [0.25, 0.3) is 0 Å². The van der Waals surface area contributed by atoms with Crippen LogP contribution in [0.4, 0.5) is 0 Å². The van der Waals surface area contributed by atoms with Gasteiger partial charge in [-0.2, -0.15) is 0 Å². The second-order valence-electron chi connectivity index (χ2n) is 3.72. The first-order valence-corrected chi connectivity index (χ1v) is 5.13. The van der Waals surface area contributed by atoms with Crippen LogP contribution in [0.3, 0.4) is 0 Å². The maximum atomic E-state index is 9.05. The fourth-order valence-electron chi connectivity index (χ4n) is 1.70. The van der Waals surface area contributed by atoms with Gasteiger partial charge in [-0.15, -0.1) is 0 Å². The molecular weight excluding hydrogens is 266 g/mol. The van der Waals surface area contributed by atoms with Gasteiger partial charge in [-0.1, -0.05) is 36.4 Å². The Kier molecular flexibility index (Phi) is 5.29. The first-order valence-electron chi connectivity index (χ1n) is 5.13. The molecule has 1 N–H and O–H groups in total. The minimum atomic E-state index is 0. The third-order valence-corrected chi connectivity index (χ3v) is 2.47. The lowest BCUT2D eigenvalue weighted by molar-refractivity contribution is -0.00000393. The van der Waals surface area contributed by atoms with E-state index in [0.29, 0.717) is 0 Å². The number of allylic oxidation sites excluding steroid dienone is 2. The Balaban J connectivity index is 0.00000128. The summed E-state index contributed by atoms with van der Waals surface area (Å²) < 4.78 is 0. The second kappa shape index (κ2) is 6.51. The molecule has 0 radical (unpaired) electrons. The fourth-order valence-corrected chi connectivity index (χ4v) is 1.70. The maximum absolute atomic E-state index is 9.05. The van der Waals surface area contributed by atoms with E-state index in [1.165, 1.54) is 5.56 Å². The van der Waals surface area contributed by atoms with Crippen molar-refractivity contribution < 1.29 is 22.1 Å². The molecule has 0 bridgehead atoms. The molecule has 16 heavy (non-hydrogen) atoms. The number of benzene rings is 1. The molecule has 1 heterocycles. The summed E-state index contributed by atoms with van der Waals surface area (Å²) in [6, 6.07) is 10.3. The van der Waals surface area contributed by atoms with Gasteiger partial charge in [-0.3, -0.25) is 0 Å². The van der Waals surface area contributed by atoms with Crippen molar-refractivity contribution in [3.63, 3.8) is 0 Å². The van der Waals surface area contributed by atoms with Crippen molar-refractivity contribution in [1.82, 2.24) is 4.90 Å². The average molecular weight is 281 g/mol. The monoisotopic (exact) mass is 280 g/mol. The topological polar surface area (TPSA) is 23.5 Å². The van der Waals surface area contributed by atoms with Gasteiger partial charge in [-0.05, 0) is 23.4 Å². The van der Waals surface area contributed by atoms with Gasteiger partial charge in [0.15, 0.2) is 0 Å². The summed E-state index contributed by atoms with van der Waals surface area (Å²) in [4.78, 5) is 2.20. The molecule has 0 amide bonds. The first kappa shape index (κ1) is 13.0. The molecule has 1 aliphatic rings. The van der Waals surface area contributed by atoms with Crippen molar-refractivity contribution in [2.45, 2.75) is 6.54 Å². The van der Waals surface area contributed by atoms with Gasteiger partial charge >= 0.3 is 0 Å². The van der Waals surface area contributed by atoms with Crippen molar-refractivity contribution in [2.75, 3.05) is 13.2 Å². The number of rotatable bonds is 3. The average Bonchev–Trinajstić information content (AvgIpc) is 2.31. The normalized spacial score (nSPS) is 14.3. The molecule has 0 aliphatic carbocycles. The zero-order chi connectivity index (χ0) is 10.5. The number of aliphatic hydroxyl groups is 1. The van der Waals surface area contributed by atoms with Crippen molar-refractivity contribution in [3.05, 3.63) is 59.8 Å². The van der Waals surface area contributed by atoms with Crippen molar-refractivity contribution in [1.29, 1.82) is 0 Å². The zero-order valence-electron chi connectivity index (χ0n) is 9.01. The van der Waals surface area contributed by atoms with E-state index in [0.717, 1.165) is 18.7 Å². The number of halogens is 1. The molecular formula is C13H15BrNO-. The van der Waals surface area contributed by atoms with E-state index in [2.05, 4.69) is 23.2 Å². The van der Waals surface area contributed by atoms with Crippen LogP contribution in [0.5, 0.6) is 0 Å². The lowest BCUT2D eigenvalue weighted by atomic mass is 10.1. The summed E-state index contributed by atoms with van der Waals surface area (Å²) in [5, 5.41) is 9.05. The summed E-state index contributed by atoms with van der Waals surface area (Å²) in [6.07, 6.45) is 6.02. The van der Waals surface area contributed by atoms with Gasteiger partial charge < -0.3 is 27.0 Å². The fraction of sp³-hybridized carbons (Fsp3) is 0.231. The molecule has 0 fully saturated rings. The van der Waals surface area contributed by atoms with E-state index in [1.54, 1.807) is 0 Å². The zero-order valence-corrected chi connectivity index (χ0v) is 10.6. The van der Waals surface area contributed by atoms with Gasteiger partial charge in [-0.25, -0.2) is 0 Å². The van der Waals surface area contributed by atoms with Gasteiger partial charge in [0.1, 0.15) is 0 Å². The highest BCUT2D eigenvalue weighted by molar-refractivity contribution is 5.21. The molecule has 1 aromatic carbocycles. The molecule has 0 saturated heterocycles. The van der Waals surface area contributed by atoms with E-state index in [4.69, 9.17) is 5.11 Å². The molecule has 2 rings (SSSR count). The molecule has 1 aliphatic heterocycles. The van der Waals surface area contributed by atoms with Gasteiger partial charge in [0.25, 0.3) is 0 Å². The smallest absolute Gasteiger partial charge is 0.0661 e. The standard InChI is InChI=1S/C13H15NO.BrH/c15-11-13-7-4-8-14(10-13)9-12-5-2-1-3-6-12;/h1-8,15H,9-11H2;1H/p-1. The van der Waals surface area contributed by atoms with Crippen LogP contribution in [0.15, 0.2) is 54.3 Å². The Morgan fingerprint density at radius 1 is 1.19 bits per heavy atom. The van der Waals surface area contributed by atoms with E-state index < -0.39 is 0 Å². The van der Waals surface area contributed by atoms with Gasteiger partial charge in [0, 0.05) is 13.1 Å². The van der Waals surface area contributed by atoms with Crippen molar-refractivity contribution in [2.24, 2.45) is 0 Å². The summed E-state index contributed by atoms with van der Waals surface area (Å²) in [5.74, 6) is 0. The van der Waals surface area contributed by atoms with Crippen LogP contribution in [0, 0.1) is 0 Å². The lowest BCUT2D eigenvalue weighted by Crippen LogP contribution is -3.00. The number of aliphatic hydroxyl groups excluding tert-OH is 1. The van der Waals surface area contributed by atoms with E-state index in [1.807, 2.05) is 30.4 Å². The number of hydrogen-bond acceptors (Lipinski definition) is 2. The predicted octanol–water partition coefficient (Wildman–Crippen LogP) is -1.06. The summed E-state index contributed by atoms with van der Waals surface area (Å²) in [5.41, 5.74) is 2.36. The quantitative estimate of drug-likeness (QED) is 0.763. The Hall–Kier alpha value is -1.06. The van der Waals surface area contributed by atoms with Crippen LogP contribution >= 0.6 is 0 Å². The van der Waals surface area contributed by atoms with Crippen LogP contribution in [-0.4, -0.2) is 23.2 Å². The Morgan fingerprint density at radius 3 is 2.62 bits per heavy atom. The van der Waals surface area contributed by atoms with E-state index >= 15 is 0 Å². The highest BCUT2D eigenvalue weighted by Crippen LogP contribution is 2.11. The van der Waals surface area contributed by atoms with Crippen LogP contribution in [0.2, 0.25) is 0 Å². The number of nitrogens with zero attached hydrogens (tertiary/aromatic N) is 1.